The molecule has 0 aliphatic heterocycles. The molecule has 0 saturated heterocycles. The predicted octanol–water partition coefficient (Wildman–Crippen LogP) is 4.90. The van der Waals surface area contributed by atoms with E-state index in [2.05, 4.69) is 29.5 Å². The molecule has 0 aliphatic rings. The first-order valence-electron chi connectivity index (χ1n) is 10.7. The summed E-state index contributed by atoms with van der Waals surface area (Å²) < 4.78 is 0. The number of urea groups is 1. The van der Waals surface area contributed by atoms with Crippen LogP contribution in [0.2, 0.25) is 0 Å². The molecule has 2 aromatic rings. The summed E-state index contributed by atoms with van der Waals surface area (Å²) in [6.45, 7) is 10.3. The van der Waals surface area contributed by atoms with E-state index in [0.717, 1.165) is 29.9 Å². The molecule has 0 bridgehead atoms. The highest BCUT2D eigenvalue weighted by Crippen LogP contribution is 2.18. The van der Waals surface area contributed by atoms with Crippen LogP contribution in [0.25, 0.3) is 0 Å². The van der Waals surface area contributed by atoms with Crippen molar-refractivity contribution >= 4 is 23.3 Å². The topological polar surface area (TPSA) is 64.7 Å². The van der Waals surface area contributed by atoms with Gasteiger partial charge in [-0.1, -0.05) is 19.1 Å². The molecule has 1 atom stereocenters. The van der Waals surface area contributed by atoms with Crippen LogP contribution in [0, 0.1) is 0 Å². The molecule has 2 N–H and O–H groups in total. The van der Waals surface area contributed by atoms with Crippen LogP contribution in [0.1, 0.15) is 56.1 Å². The molecule has 30 heavy (non-hydrogen) atoms. The Labute approximate surface area is 180 Å². The first kappa shape index (κ1) is 23.3. The molecule has 6 heteroatoms. The third kappa shape index (κ3) is 6.24. The lowest BCUT2D eigenvalue weighted by atomic mass is 10.1. The van der Waals surface area contributed by atoms with Gasteiger partial charge in [-0.2, -0.15) is 0 Å². The number of carbonyl (C=O) groups excluding carboxylic acids is 2. The molecule has 0 saturated carbocycles. The van der Waals surface area contributed by atoms with Crippen LogP contribution in [0.5, 0.6) is 0 Å². The number of benzene rings is 2. The van der Waals surface area contributed by atoms with Crippen molar-refractivity contribution in [2.45, 2.75) is 40.2 Å². The molecular weight excluding hydrogens is 376 g/mol. The summed E-state index contributed by atoms with van der Waals surface area (Å²) >= 11 is 0. The van der Waals surface area contributed by atoms with Crippen LogP contribution in [-0.4, -0.2) is 43.5 Å². The second-order valence-electron chi connectivity index (χ2n) is 7.39. The van der Waals surface area contributed by atoms with E-state index < -0.39 is 0 Å². The Morgan fingerprint density at radius 1 is 0.933 bits per heavy atom. The highest BCUT2D eigenvalue weighted by Gasteiger charge is 2.13. The third-order valence-corrected chi connectivity index (χ3v) is 5.19. The van der Waals surface area contributed by atoms with Crippen molar-refractivity contribution in [2.24, 2.45) is 0 Å². The van der Waals surface area contributed by atoms with E-state index in [1.807, 2.05) is 69.3 Å². The maximum atomic E-state index is 12.6. The van der Waals surface area contributed by atoms with Crippen LogP contribution >= 0.6 is 0 Å². The normalized spacial score (nSPS) is 11.5. The fourth-order valence-electron chi connectivity index (χ4n) is 3.26. The number of nitrogens with zero attached hydrogens (tertiary/aromatic N) is 2. The highest BCUT2D eigenvalue weighted by molar-refractivity contribution is 5.94. The van der Waals surface area contributed by atoms with E-state index >= 15 is 0 Å². The van der Waals surface area contributed by atoms with Crippen LogP contribution in [0.3, 0.4) is 0 Å². The van der Waals surface area contributed by atoms with Crippen molar-refractivity contribution in [3.63, 3.8) is 0 Å². The van der Waals surface area contributed by atoms with Crippen LogP contribution < -0.4 is 15.5 Å². The Hall–Kier alpha value is -3.02. The van der Waals surface area contributed by atoms with Gasteiger partial charge in [-0.15, -0.1) is 0 Å². The minimum absolute atomic E-state index is 0.105. The zero-order valence-electron chi connectivity index (χ0n) is 18.7. The van der Waals surface area contributed by atoms with Gasteiger partial charge in [-0.05, 0) is 69.2 Å². The number of anilines is 2. The third-order valence-electron chi connectivity index (χ3n) is 5.19. The lowest BCUT2D eigenvalue weighted by Crippen LogP contribution is -2.34. The van der Waals surface area contributed by atoms with Gasteiger partial charge < -0.3 is 20.4 Å². The van der Waals surface area contributed by atoms with Crippen LogP contribution in [0.4, 0.5) is 16.2 Å². The Kier molecular flexibility index (Phi) is 8.71. The molecule has 0 fully saturated rings. The van der Waals surface area contributed by atoms with E-state index in [4.69, 9.17) is 0 Å². The van der Waals surface area contributed by atoms with Gasteiger partial charge in [0.2, 0.25) is 0 Å². The molecule has 6 nitrogen and oxygen atoms in total. The van der Waals surface area contributed by atoms with E-state index in [1.54, 1.807) is 4.90 Å². The summed E-state index contributed by atoms with van der Waals surface area (Å²) in [4.78, 5) is 28.7. The molecule has 2 rings (SSSR count). The molecule has 0 spiro atoms. The zero-order chi connectivity index (χ0) is 22.1. The van der Waals surface area contributed by atoms with Gasteiger partial charge in [-0.3, -0.25) is 4.79 Å². The summed E-state index contributed by atoms with van der Waals surface area (Å²) in [7, 11) is 2.05. The van der Waals surface area contributed by atoms with Gasteiger partial charge in [0.1, 0.15) is 0 Å². The number of carbonyl (C=O) groups is 2. The summed E-state index contributed by atoms with van der Waals surface area (Å²) in [5.74, 6) is -0.105. The van der Waals surface area contributed by atoms with Crippen molar-refractivity contribution in [1.82, 2.24) is 10.2 Å². The van der Waals surface area contributed by atoms with Gasteiger partial charge in [-0.25, -0.2) is 4.79 Å². The minimum atomic E-state index is -0.146. The number of rotatable bonds is 9. The highest BCUT2D eigenvalue weighted by atomic mass is 16.2. The van der Waals surface area contributed by atoms with Crippen molar-refractivity contribution in [1.29, 1.82) is 0 Å². The van der Waals surface area contributed by atoms with E-state index in [9.17, 15) is 9.59 Å². The molecule has 2 aromatic carbocycles. The molecule has 0 heterocycles. The van der Waals surface area contributed by atoms with Crippen LogP contribution in [-0.2, 0) is 0 Å². The monoisotopic (exact) mass is 410 g/mol. The van der Waals surface area contributed by atoms with Crippen molar-refractivity contribution < 1.29 is 9.59 Å². The van der Waals surface area contributed by atoms with Crippen molar-refractivity contribution in [3.05, 3.63) is 59.7 Å². The SMILES string of the molecule is CCCN(C)c1ccc(C(=O)NC(C)c2ccc(NC(=O)N(CC)CC)cc2)cc1. The maximum absolute atomic E-state index is 12.6. The van der Waals surface area contributed by atoms with E-state index in [0.29, 0.717) is 18.7 Å². The second-order valence-corrected chi connectivity index (χ2v) is 7.39. The Morgan fingerprint density at radius 2 is 1.53 bits per heavy atom. The van der Waals surface area contributed by atoms with Gasteiger partial charge in [0.25, 0.3) is 5.91 Å². The first-order valence-corrected chi connectivity index (χ1v) is 10.7. The summed E-state index contributed by atoms with van der Waals surface area (Å²) in [5.41, 5.74) is 3.45. The van der Waals surface area contributed by atoms with E-state index in [1.165, 1.54) is 0 Å². The fourth-order valence-corrected chi connectivity index (χ4v) is 3.26. The van der Waals surface area contributed by atoms with Crippen molar-refractivity contribution in [3.8, 4) is 0 Å². The minimum Gasteiger partial charge on any atom is -0.375 e. The average Bonchev–Trinajstić information content (AvgIpc) is 2.75. The smallest absolute Gasteiger partial charge is 0.321 e. The van der Waals surface area contributed by atoms with Gasteiger partial charge in [0, 0.05) is 43.6 Å². The maximum Gasteiger partial charge on any atom is 0.321 e. The summed E-state index contributed by atoms with van der Waals surface area (Å²) in [5, 5.41) is 5.93. The molecule has 3 amide bonds. The van der Waals surface area contributed by atoms with Gasteiger partial charge in [0.05, 0.1) is 6.04 Å². The number of nitrogens with one attached hydrogen (secondary N) is 2. The fraction of sp³-hybridized carbons (Fsp3) is 0.417. The summed E-state index contributed by atoms with van der Waals surface area (Å²) in [6, 6.07) is 15.0. The number of hydrogen-bond acceptors (Lipinski definition) is 3. The quantitative estimate of drug-likeness (QED) is 0.618. The molecule has 0 aliphatic carbocycles. The number of amides is 3. The zero-order valence-corrected chi connectivity index (χ0v) is 18.7. The largest absolute Gasteiger partial charge is 0.375 e. The average molecular weight is 411 g/mol. The first-order chi connectivity index (χ1) is 14.4. The lowest BCUT2D eigenvalue weighted by Gasteiger charge is -2.20. The lowest BCUT2D eigenvalue weighted by molar-refractivity contribution is 0.0940. The molecule has 0 radical (unpaired) electrons. The predicted molar refractivity (Wildman–Crippen MR) is 124 cm³/mol. The Morgan fingerprint density at radius 3 is 2.07 bits per heavy atom. The molecule has 162 valence electrons. The van der Waals surface area contributed by atoms with Gasteiger partial charge >= 0.3 is 6.03 Å². The summed E-state index contributed by atoms with van der Waals surface area (Å²) in [6.07, 6.45) is 1.08. The Bertz CT molecular complexity index is 814. The molecule has 0 aromatic heterocycles. The van der Waals surface area contributed by atoms with E-state index in [-0.39, 0.29) is 18.0 Å². The Balaban J connectivity index is 1.96. The molecular formula is C24H34N4O2. The van der Waals surface area contributed by atoms with Gasteiger partial charge in [0.15, 0.2) is 0 Å². The molecule has 1 unspecified atom stereocenters. The standard InChI is InChI=1S/C24H34N4O2/c1-6-17-27(5)22-15-11-20(12-16-22)23(29)25-18(4)19-9-13-21(14-10-19)26-24(30)28(7-2)8-3/h9-16,18H,6-8,17H2,1-5H3,(H,25,29)(H,26,30). The number of hydrogen-bond donors (Lipinski definition) is 2. The van der Waals surface area contributed by atoms with Crippen molar-refractivity contribution in [2.75, 3.05) is 36.9 Å². The second kappa shape index (κ2) is 11.2. The van der Waals surface area contributed by atoms with Crippen LogP contribution in [0.15, 0.2) is 48.5 Å².